The summed E-state index contributed by atoms with van der Waals surface area (Å²) in [5.41, 5.74) is 2.59. The molecule has 88 valence electrons. The fourth-order valence-electron chi connectivity index (χ4n) is 2.36. The Morgan fingerprint density at radius 2 is 2.31 bits per heavy atom. The number of ether oxygens (including phenoxy) is 1. The van der Waals surface area contributed by atoms with Gasteiger partial charge in [-0.25, -0.2) is 0 Å². The van der Waals surface area contributed by atoms with E-state index >= 15 is 0 Å². The predicted octanol–water partition coefficient (Wildman–Crippen LogP) is 3.49. The first-order chi connectivity index (χ1) is 7.69. The average Bonchev–Trinajstić information content (AvgIpc) is 2.29. The number of halogens is 1. The van der Waals surface area contributed by atoms with E-state index in [0.717, 1.165) is 36.6 Å². The van der Waals surface area contributed by atoms with Gasteiger partial charge in [0.2, 0.25) is 0 Å². The van der Waals surface area contributed by atoms with Crippen molar-refractivity contribution in [3.63, 3.8) is 0 Å². The number of fused-ring (bicyclic) bond motifs is 1. The van der Waals surface area contributed by atoms with E-state index in [2.05, 4.69) is 18.3 Å². The van der Waals surface area contributed by atoms with Gasteiger partial charge in [0, 0.05) is 17.8 Å². The summed E-state index contributed by atoms with van der Waals surface area (Å²) in [6.07, 6.45) is 3.27. The summed E-state index contributed by atoms with van der Waals surface area (Å²) in [5, 5.41) is 4.38. The van der Waals surface area contributed by atoms with Crippen LogP contribution in [0.2, 0.25) is 5.02 Å². The second kappa shape index (κ2) is 4.64. The van der Waals surface area contributed by atoms with E-state index in [1.165, 1.54) is 5.56 Å². The molecule has 0 fully saturated rings. The summed E-state index contributed by atoms with van der Waals surface area (Å²) in [7, 11) is 1.76. The van der Waals surface area contributed by atoms with Crippen LogP contribution in [0.25, 0.3) is 0 Å². The van der Waals surface area contributed by atoms with Gasteiger partial charge in [0.25, 0.3) is 0 Å². The van der Waals surface area contributed by atoms with Gasteiger partial charge in [-0.05, 0) is 37.0 Å². The Morgan fingerprint density at radius 1 is 1.50 bits per heavy atom. The zero-order valence-electron chi connectivity index (χ0n) is 9.85. The number of methoxy groups -OCH3 is 1. The summed E-state index contributed by atoms with van der Waals surface area (Å²) in [6, 6.07) is 6.07. The third-order valence-corrected chi connectivity index (χ3v) is 3.68. The van der Waals surface area contributed by atoms with Crippen molar-refractivity contribution < 1.29 is 4.74 Å². The van der Waals surface area contributed by atoms with E-state index in [9.17, 15) is 0 Å². The van der Waals surface area contributed by atoms with Crippen LogP contribution in [0.1, 0.15) is 25.3 Å². The van der Waals surface area contributed by atoms with Crippen LogP contribution in [0.5, 0.6) is 0 Å². The Morgan fingerprint density at radius 3 is 3.00 bits per heavy atom. The predicted molar refractivity (Wildman–Crippen MR) is 68.3 cm³/mol. The Bertz CT molecular complexity index is 380. The number of nitrogens with one attached hydrogen (secondary N) is 1. The number of benzene rings is 1. The number of anilines is 1. The van der Waals surface area contributed by atoms with Crippen molar-refractivity contribution in [1.82, 2.24) is 0 Å². The monoisotopic (exact) mass is 239 g/mol. The van der Waals surface area contributed by atoms with Crippen molar-refractivity contribution in [3.05, 3.63) is 28.8 Å². The number of rotatable bonds is 3. The molecule has 0 radical (unpaired) electrons. The quantitative estimate of drug-likeness (QED) is 0.872. The summed E-state index contributed by atoms with van der Waals surface area (Å²) < 4.78 is 5.33. The molecule has 16 heavy (non-hydrogen) atoms. The molecule has 1 N–H and O–H groups in total. The highest BCUT2D eigenvalue weighted by atomic mass is 35.5. The molecule has 0 saturated carbocycles. The zero-order valence-corrected chi connectivity index (χ0v) is 10.6. The smallest absolute Gasteiger partial charge is 0.0692 e. The number of aryl methyl sites for hydroxylation is 1. The maximum atomic E-state index is 6.02. The highest BCUT2D eigenvalue weighted by Crippen LogP contribution is 2.34. The summed E-state index contributed by atoms with van der Waals surface area (Å²) in [4.78, 5) is 0. The summed E-state index contributed by atoms with van der Waals surface area (Å²) in [6.45, 7) is 2.94. The van der Waals surface area contributed by atoms with Crippen molar-refractivity contribution in [2.45, 2.75) is 31.7 Å². The minimum atomic E-state index is 0.0758. The molecule has 2 rings (SSSR count). The second-order valence-corrected chi connectivity index (χ2v) is 4.93. The van der Waals surface area contributed by atoms with Crippen LogP contribution in [0.15, 0.2) is 18.2 Å². The van der Waals surface area contributed by atoms with Crippen molar-refractivity contribution in [2.24, 2.45) is 0 Å². The fraction of sp³-hybridized carbons (Fsp3) is 0.538. The van der Waals surface area contributed by atoms with Crippen molar-refractivity contribution in [3.8, 4) is 0 Å². The lowest BCUT2D eigenvalue weighted by molar-refractivity contribution is 0.133. The lowest BCUT2D eigenvalue weighted by atomic mass is 9.85. The Labute approximate surface area is 102 Å². The molecule has 0 saturated heterocycles. The van der Waals surface area contributed by atoms with E-state index in [4.69, 9.17) is 16.3 Å². The van der Waals surface area contributed by atoms with Gasteiger partial charge in [0.05, 0.1) is 12.1 Å². The van der Waals surface area contributed by atoms with Crippen LogP contribution < -0.4 is 5.32 Å². The molecular weight excluding hydrogens is 222 g/mol. The van der Waals surface area contributed by atoms with Gasteiger partial charge in [0.15, 0.2) is 0 Å². The van der Waals surface area contributed by atoms with Crippen LogP contribution in [0, 0.1) is 0 Å². The largest absolute Gasteiger partial charge is 0.382 e. The highest BCUT2D eigenvalue weighted by molar-refractivity contribution is 6.30. The lowest BCUT2D eigenvalue weighted by Crippen LogP contribution is -2.45. The van der Waals surface area contributed by atoms with Crippen LogP contribution in [0.4, 0.5) is 5.69 Å². The van der Waals surface area contributed by atoms with Crippen LogP contribution >= 0.6 is 11.6 Å². The molecule has 1 aliphatic rings. The van der Waals surface area contributed by atoms with E-state index in [1.54, 1.807) is 7.11 Å². The third kappa shape index (κ3) is 2.18. The summed E-state index contributed by atoms with van der Waals surface area (Å²) in [5.74, 6) is 0. The summed E-state index contributed by atoms with van der Waals surface area (Å²) >= 11 is 6.02. The average molecular weight is 240 g/mol. The topological polar surface area (TPSA) is 21.3 Å². The van der Waals surface area contributed by atoms with E-state index in [-0.39, 0.29) is 5.54 Å². The molecule has 0 amide bonds. The first-order valence-electron chi connectivity index (χ1n) is 5.75. The number of hydrogen-bond donors (Lipinski definition) is 1. The van der Waals surface area contributed by atoms with E-state index in [1.807, 2.05) is 12.1 Å². The SMILES string of the molecule is CCC1(COC)CCc2ccc(Cl)cc2N1. The minimum absolute atomic E-state index is 0.0758. The van der Waals surface area contributed by atoms with Crippen molar-refractivity contribution in [2.75, 3.05) is 19.0 Å². The van der Waals surface area contributed by atoms with Gasteiger partial charge in [-0.15, -0.1) is 0 Å². The van der Waals surface area contributed by atoms with Crippen molar-refractivity contribution in [1.29, 1.82) is 0 Å². The standard InChI is InChI=1S/C13H18ClNO/c1-3-13(9-16-2)7-6-10-4-5-11(14)8-12(10)15-13/h4-5,8,15H,3,6-7,9H2,1-2H3. The Hall–Kier alpha value is -0.730. The molecule has 1 aromatic carbocycles. The molecule has 0 bridgehead atoms. The van der Waals surface area contributed by atoms with Crippen LogP contribution in [-0.2, 0) is 11.2 Å². The fourth-order valence-corrected chi connectivity index (χ4v) is 2.53. The Balaban J connectivity index is 2.27. The van der Waals surface area contributed by atoms with Gasteiger partial charge in [-0.3, -0.25) is 0 Å². The third-order valence-electron chi connectivity index (χ3n) is 3.44. The zero-order chi connectivity index (χ0) is 11.6. The van der Waals surface area contributed by atoms with E-state index < -0.39 is 0 Å². The molecule has 0 aromatic heterocycles. The van der Waals surface area contributed by atoms with Gasteiger partial charge in [-0.1, -0.05) is 24.6 Å². The molecule has 1 unspecified atom stereocenters. The maximum absolute atomic E-state index is 6.02. The van der Waals surface area contributed by atoms with Gasteiger partial charge in [-0.2, -0.15) is 0 Å². The normalized spacial score (nSPS) is 23.7. The second-order valence-electron chi connectivity index (χ2n) is 4.49. The molecule has 0 aliphatic carbocycles. The van der Waals surface area contributed by atoms with Crippen LogP contribution in [0.3, 0.4) is 0 Å². The van der Waals surface area contributed by atoms with Crippen LogP contribution in [-0.4, -0.2) is 19.3 Å². The molecule has 1 aliphatic heterocycles. The van der Waals surface area contributed by atoms with Gasteiger partial charge >= 0.3 is 0 Å². The highest BCUT2D eigenvalue weighted by Gasteiger charge is 2.32. The molecule has 0 spiro atoms. The van der Waals surface area contributed by atoms with E-state index in [0.29, 0.717) is 0 Å². The Kier molecular flexibility index (Phi) is 3.41. The molecule has 2 nitrogen and oxygen atoms in total. The van der Waals surface area contributed by atoms with Crippen molar-refractivity contribution >= 4 is 17.3 Å². The molecule has 1 aromatic rings. The first kappa shape index (κ1) is 11.7. The molecule has 1 heterocycles. The lowest BCUT2D eigenvalue weighted by Gasteiger charge is -2.39. The number of hydrogen-bond acceptors (Lipinski definition) is 2. The maximum Gasteiger partial charge on any atom is 0.0692 e. The molecular formula is C13H18ClNO. The minimum Gasteiger partial charge on any atom is -0.382 e. The van der Waals surface area contributed by atoms with Gasteiger partial charge < -0.3 is 10.1 Å². The first-order valence-corrected chi connectivity index (χ1v) is 6.12. The van der Waals surface area contributed by atoms with Gasteiger partial charge in [0.1, 0.15) is 0 Å². The molecule has 3 heteroatoms. The molecule has 1 atom stereocenters.